The van der Waals surface area contributed by atoms with Gasteiger partial charge in [-0.05, 0) is 68.1 Å². The van der Waals surface area contributed by atoms with Gasteiger partial charge in [-0.15, -0.1) is 0 Å². The molecule has 0 aromatic heterocycles. The Morgan fingerprint density at radius 1 is 1.07 bits per heavy atom. The van der Waals surface area contributed by atoms with Crippen LogP contribution in [0.5, 0.6) is 5.75 Å². The van der Waals surface area contributed by atoms with E-state index >= 15 is 0 Å². The Labute approximate surface area is 261 Å². The van der Waals surface area contributed by atoms with Crippen molar-refractivity contribution < 1.29 is 40.6 Å². The van der Waals surface area contributed by atoms with E-state index in [1.807, 2.05) is 18.2 Å². The Balaban J connectivity index is 0.00000370. The number of ether oxygens (including phenoxy) is 2. The van der Waals surface area contributed by atoms with E-state index in [-0.39, 0.29) is 43.3 Å². The first-order valence-corrected chi connectivity index (χ1v) is 13.7. The van der Waals surface area contributed by atoms with Crippen molar-refractivity contribution >= 4 is 23.2 Å². The van der Waals surface area contributed by atoms with Crippen molar-refractivity contribution in [3.63, 3.8) is 0 Å². The normalized spacial score (nSPS) is 19.0. The van der Waals surface area contributed by atoms with Crippen molar-refractivity contribution in [3.05, 3.63) is 67.4 Å². The molecule has 0 bridgehead atoms. The molecule has 0 saturated carbocycles. The van der Waals surface area contributed by atoms with E-state index in [1.54, 1.807) is 0 Å². The zero-order valence-corrected chi connectivity index (χ0v) is 27.3. The molecule has 3 aliphatic rings. The van der Waals surface area contributed by atoms with Crippen LogP contribution in [0.4, 0.5) is 11.4 Å². The topological polar surface area (TPSA) is 97.5 Å². The van der Waals surface area contributed by atoms with E-state index in [0.717, 1.165) is 63.5 Å². The first-order valence-electron chi connectivity index (χ1n) is 13.7. The fraction of sp³-hybridized carbons (Fsp3) is 0.433. The molecule has 2 aromatic carbocycles. The largest absolute Gasteiger partial charge is 2.00 e. The number of nitriles is 1. The van der Waals surface area contributed by atoms with Crippen molar-refractivity contribution in [2.24, 2.45) is 15.9 Å². The van der Waals surface area contributed by atoms with E-state index in [2.05, 4.69) is 81.5 Å². The molecule has 0 unspecified atom stereocenters. The molecular weight excluding hydrogens is 728 g/mol. The molecule has 0 aliphatic carbocycles. The number of hydrogen-bond donors (Lipinski definition) is 2. The van der Waals surface area contributed by atoms with Crippen LogP contribution in [0.2, 0.25) is 0 Å². The average molecular weight is 766 g/mol. The average Bonchev–Trinajstić information content (AvgIpc) is 2.98. The maximum atomic E-state index is 9.81. The smallest absolute Gasteiger partial charge is 0.489 e. The number of guanidine groups is 1. The van der Waals surface area contributed by atoms with Gasteiger partial charge >= 0.3 is 31.1 Å². The summed E-state index contributed by atoms with van der Waals surface area (Å²) in [6, 6.07) is 16.4. The molecule has 2 N–H and O–H groups in total. The Hall–Kier alpha value is -2.56. The van der Waals surface area contributed by atoms with E-state index in [0.29, 0.717) is 35.7 Å². The van der Waals surface area contributed by atoms with Gasteiger partial charge in [-0.25, -0.2) is 16.0 Å². The number of nitrogens with one attached hydrogen (secondary N) is 2. The summed E-state index contributed by atoms with van der Waals surface area (Å²) in [6.45, 7) is 15.8. The Morgan fingerprint density at radius 3 is 2.48 bits per heavy atom. The number of anilines is 2. The quantitative estimate of drug-likeness (QED) is 0.416. The number of nitrogens with zero attached hydrogens (tertiary/aromatic N) is 5. The number of hydrogen-bond acceptors (Lipinski definition) is 9. The summed E-state index contributed by atoms with van der Waals surface area (Å²) in [6.07, 6.45) is 1.97. The van der Waals surface area contributed by atoms with E-state index in [9.17, 15) is 5.26 Å². The Morgan fingerprint density at radius 2 is 1.80 bits per heavy atom. The second kappa shape index (κ2) is 14.4. The summed E-state index contributed by atoms with van der Waals surface area (Å²) in [5, 5.41) is 16.4. The predicted octanol–water partition coefficient (Wildman–Crippen LogP) is 3.69. The van der Waals surface area contributed by atoms with Gasteiger partial charge in [0.25, 0.3) is 0 Å². The molecule has 2 fully saturated rings. The van der Waals surface area contributed by atoms with Gasteiger partial charge in [-0.2, -0.15) is 5.26 Å². The standard InChI is InChI=1S/C30H37N7O2.U/c1-21(2)36-12-14-37(15-13-36)27-7-5-26(6-8-27)34-30-33-20-32-29(35-30)24-4-9-28(25(18-24)19-31)39-22(3)23-10-16-38-17-11-23;/h4-9,18,21-23H,1-2,10-17,20H2,3H3,(H2,32,33,34,35);/q-2;+2/t22-;/m0./s1. The fourth-order valence-electron chi connectivity index (χ4n) is 5.19. The van der Waals surface area contributed by atoms with Crippen LogP contribution in [-0.4, -0.2) is 74.9 Å². The Bertz CT molecular complexity index is 1230. The minimum atomic E-state index is 0. The third-order valence-electron chi connectivity index (χ3n) is 7.64. The van der Waals surface area contributed by atoms with Gasteiger partial charge in [0.05, 0.1) is 11.7 Å². The zero-order valence-electron chi connectivity index (χ0n) is 23.1. The SMILES string of the molecule is [CH2-]C([CH2-])N1CCN(c2ccc(NC3=NCN=C(c4ccc(O[C@@H](C)C5CCOCC5)c(C#N)c4)N3)cc2)CC1.[U+2]. The zero-order chi connectivity index (χ0) is 27.2. The van der Waals surface area contributed by atoms with Crippen LogP contribution < -0.4 is 20.3 Å². The molecule has 10 heteroatoms. The molecule has 3 aliphatic heterocycles. The minimum Gasteiger partial charge on any atom is -0.489 e. The third-order valence-corrected chi connectivity index (χ3v) is 7.64. The number of aliphatic imine (C=N–C) groups is 2. The minimum absolute atomic E-state index is 0. The van der Waals surface area contributed by atoms with E-state index < -0.39 is 0 Å². The van der Waals surface area contributed by atoms with Crippen LogP contribution in [0.25, 0.3) is 0 Å². The van der Waals surface area contributed by atoms with Gasteiger partial charge in [-0.1, -0.05) is 0 Å². The molecule has 2 saturated heterocycles. The second-order valence-corrected chi connectivity index (χ2v) is 10.2. The van der Waals surface area contributed by atoms with Crippen molar-refractivity contribution in [1.82, 2.24) is 10.2 Å². The van der Waals surface area contributed by atoms with E-state index in [1.165, 1.54) is 5.69 Å². The molecule has 0 spiro atoms. The maximum Gasteiger partial charge on any atom is 2.00 e. The molecule has 9 nitrogen and oxygen atoms in total. The monoisotopic (exact) mass is 765 g/mol. The summed E-state index contributed by atoms with van der Waals surface area (Å²) >= 11 is 0. The summed E-state index contributed by atoms with van der Waals surface area (Å²) in [4.78, 5) is 13.7. The van der Waals surface area contributed by atoms with Crippen LogP contribution in [0.15, 0.2) is 52.4 Å². The summed E-state index contributed by atoms with van der Waals surface area (Å²) < 4.78 is 11.7. The van der Waals surface area contributed by atoms with Crippen LogP contribution >= 0.6 is 0 Å². The number of amidine groups is 1. The van der Waals surface area contributed by atoms with Crippen molar-refractivity contribution in [1.29, 1.82) is 5.26 Å². The molecule has 5 rings (SSSR count). The van der Waals surface area contributed by atoms with E-state index in [4.69, 9.17) is 9.47 Å². The van der Waals surface area contributed by atoms with Gasteiger partial charge in [-0.3, -0.25) is 0 Å². The maximum absolute atomic E-state index is 9.81. The van der Waals surface area contributed by atoms with Crippen molar-refractivity contribution in [2.45, 2.75) is 31.9 Å². The third kappa shape index (κ3) is 7.59. The summed E-state index contributed by atoms with van der Waals surface area (Å²) in [7, 11) is 0. The number of benzene rings is 2. The van der Waals surface area contributed by atoms with Crippen LogP contribution in [0.3, 0.4) is 0 Å². The number of piperazine rings is 1. The summed E-state index contributed by atoms with van der Waals surface area (Å²) in [5.41, 5.74) is 3.44. The molecular formula is C30H37N7O2U. The molecule has 2 aromatic rings. The van der Waals surface area contributed by atoms with Gasteiger partial charge in [0.1, 0.15) is 24.3 Å². The molecule has 3 heterocycles. The van der Waals surface area contributed by atoms with Crippen LogP contribution in [-0.2, 0) is 4.74 Å². The first-order chi connectivity index (χ1) is 19.0. The molecule has 208 valence electrons. The fourth-order valence-corrected chi connectivity index (χ4v) is 5.19. The van der Waals surface area contributed by atoms with Gasteiger partial charge in [0.15, 0.2) is 0 Å². The number of rotatable bonds is 7. The second-order valence-electron chi connectivity index (χ2n) is 10.2. The van der Waals surface area contributed by atoms with Crippen LogP contribution in [0.1, 0.15) is 30.9 Å². The van der Waals surface area contributed by atoms with Gasteiger partial charge < -0.3 is 43.8 Å². The summed E-state index contributed by atoms with van der Waals surface area (Å²) in [5.74, 6) is 2.31. The molecule has 0 amide bonds. The van der Waals surface area contributed by atoms with Crippen molar-refractivity contribution in [3.8, 4) is 11.8 Å². The predicted molar refractivity (Wildman–Crippen MR) is 155 cm³/mol. The first kappa shape index (κ1) is 30.4. The Kier molecular flexibility index (Phi) is 10.9. The van der Waals surface area contributed by atoms with Gasteiger partial charge in [0, 0.05) is 56.3 Å². The van der Waals surface area contributed by atoms with Crippen molar-refractivity contribution in [2.75, 3.05) is 56.3 Å². The molecule has 40 heavy (non-hydrogen) atoms. The van der Waals surface area contributed by atoms with Crippen LogP contribution in [0, 0.1) is 62.2 Å². The molecule has 0 radical (unpaired) electrons. The van der Waals surface area contributed by atoms with Gasteiger partial charge in [0.2, 0.25) is 5.96 Å². The molecule has 1 atom stereocenters.